The van der Waals surface area contributed by atoms with Crippen LogP contribution in [-0.2, 0) is 9.84 Å². The Morgan fingerprint density at radius 1 is 1.19 bits per heavy atom. The summed E-state index contributed by atoms with van der Waals surface area (Å²) >= 11 is 0. The summed E-state index contributed by atoms with van der Waals surface area (Å²) < 4.78 is 29.6. The van der Waals surface area contributed by atoms with Gasteiger partial charge in [-0.15, -0.1) is 0 Å². The molecule has 0 saturated heterocycles. The lowest BCUT2D eigenvalue weighted by atomic mass is 10.2. The molecule has 3 N–H and O–H groups in total. The third-order valence-corrected chi connectivity index (χ3v) is 4.98. The maximum atomic E-state index is 11.8. The van der Waals surface area contributed by atoms with Crippen molar-refractivity contribution in [2.75, 3.05) is 11.6 Å². The number of aromatic amines is 2. The molecule has 4 rings (SSSR count). The highest BCUT2D eigenvalue weighted by Gasteiger charge is 2.16. The molecule has 140 valence electrons. The average molecular weight is 386 g/mol. The van der Waals surface area contributed by atoms with E-state index in [2.05, 4.69) is 30.5 Å². The second kappa shape index (κ2) is 6.23. The summed E-state index contributed by atoms with van der Waals surface area (Å²) in [4.78, 5) is 11.2. The van der Waals surface area contributed by atoms with Crippen molar-refractivity contribution in [2.24, 2.45) is 0 Å². The van der Waals surface area contributed by atoms with Crippen LogP contribution in [0.3, 0.4) is 0 Å². The monoisotopic (exact) mass is 386 g/mol. The number of H-pyrrole nitrogens is 2. The summed E-state index contributed by atoms with van der Waals surface area (Å²) in [7, 11) is -3.39. The number of nitrogens with zero attached hydrogens (tertiary/aromatic N) is 3. The zero-order chi connectivity index (χ0) is 19.2. The summed E-state index contributed by atoms with van der Waals surface area (Å²) in [5.41, 5.74) is 1.98. The highest BCUT2D eigenvalue weighted by molar-refractivity contribution is 7.90. The van der Waals surface area contributed by atoms with Crippen LogP contribution >= 0.6 is 0 Å². The number of benzene rings is 1. The van der Waals surface area contributed by atoms with Crippen molar-refractivity contribution < 1.29 is 13.2 Å². The van der Waals surface area contributed by atoms with Crippen molar-refractivity contribution in [3.8, 4) is 5.75 Å². The maximum absolute atomic E-state index is 11.8. The first kappa shape index (κ1) is 17.3. The number of ether oxygens (including phenoxy) is 1. The minimum absolute atomic E-state index is 0.0274. The quantitative estimate of drug-likeness (QED) is 0.481. The van der Waals surface area contributed by atoms with Gasteiger partial charge in [0.1, 0.15) is 28.6 Å². The van der Waals surface area contributed by atoms with E-state index in [9.17, 15) is 8.42 Å². The number of hydrogen-bond donors (Lipinski definition) is 3. The number of aromatic nitrogens is 5. The van der Waals surface area contributed by atoms with E-state index in [0.717, 1.165) is 17.2 Å². The number of rotatable bonds is 5. The fourth-order valence-electron chi connectivity index (χ4n) is 2.76. The Morgan fingerprint density at radius 2 is 2.00 bits per heavy atom. The fraction of sp³-hybridized carbons (Fsp3) is 0.235. The standard InChI is InChI=1S/C17H18N6O3S/c1-9(2)26-14-6-12-10(7-20-23-12)4-13(14)21-16-11-5-15(27(3,24)25)22-17(11)19-8-18-16/h4-9H,1-3H3,(H,20,23)(H2,18,19,21,22). The van der Waals surface area contributed by atoms with Crippen LogP contribution in [0.5, 0.6) is 5.75 Å². The van der Waals surface area contributed by atoms with Gasteiger partial charge in [-0.05, 0) is 26.0 Å². The molecule has 0 spiro atoms. The van der Waals surface area contributed by atoms with Gasteiger partial charge >= 0.3 is 0 Å². The number of nitrogens with one attached hydrogen (secondary N) is 3. The third-order valence-electron chi connectivity index (χ3n) is 3.96. The predicted molar refractivity (Wildman–Crippen MR) is 102 cm³/mol. The summed E-state index contributed by atoms with van der Waals surface area (Å²) in [5.74, 6) is 1.11. The molecule has 10 heteroatoms. The maximum Gasteiger partial charge on any atom is 0.190 e. The minimum atomic E-state index is -3.39. The fourth-order valence-corrected chi connectivity index (χ4v) is 3.38. The lowest BCUT2D eigenvalue weighted by Gasteiger charge is -2.15. The zero-order valence-corrected chi connectivity index (χ0v) is 15.8. The largest absolute Gasteiger partial charge is 0.489 e. The molecule has 0 saturated carbocycles. The van der Waals surface area contributed by atoms with Gasteiger partial charge < -0.3 is 15.0 Å². The van der Waals surface area contributed by atoms with E-state index in [1.807, 2.05) is 26.0 Å². The molecule has 0 atom stereocenters. The molecule has 0 aliphatic heterocycles. The average Bonchev–Trinajstić information content (AvgIpc) is 3.20. The Bertz CT molecular complexity index is 1240. The summed E-state index contributed by atoms with van der Waals surface area (Å²) in [6.45, 7) is 3.88. The van der Waals surface area contributed by atoms with Crippen molar-refractivity contribution in [3.63, 3.8) is 0 Å². The van der Waals surface area contributed by atoms with Crippen molar-refractivity contribution in [3.05, 3.63) is 30.7 Å². The molecule has 4 aromatic rings. The van der Waals surface area contributed by atoms with E-state index in [4.69, 9.17) is 4.74 Å². The van der Waals surface area contributed by atoms with Crippen LogP contribution in [0.4, 0.5) is 11.5 Å². The number of sulfone groups is 1. The van der Waals surface area contributed by atoms with Crippen LogP contribution in [0.2, 0.25) is 0 Å². The van der Waals surface area contributed by atoms with Crippen molar-refractivity contribution in [2.45, 2.75) is 25.0 Å². The van der Waals surface area contributed by atoms with E-state index < -0.39 is 9.84 Å². The van der Waals surface area contributed by atoms with Crippen molar-refractivity contribution in [1.82, 2.24) is 25.1 Å². The van der Waals surface area contributed by atoms with E-state index in [1.54, 1.807) is 6.20 Å². The topological polar surface area (TPSA) is 126 Å². The van der Waals surface area contributed by atoms with Crippen LogP contribution in [0.1, 0.15) is 13.8 Å². The van der Waals surface area contributed by atoms with E-state index in [0.29, 0.717) is 28.3 Å². The predicted octanol–water partition coefficient (Wildman–Crippen LogP) is 2.77. The molecule has 9 nitrogen and oxygen atoms in total. The van der Waals surface area contributed by atoms with Crippen LogP contribution in [0, 0.1) is 0 Å². The van der Waals surface area contributed by atoms with Gasteiger partial charge in [-0.25, -0.2) is 18.4 Å². The van der Waals surface area contributed by atoms with Gasteiger partial charge in [0.15, 0.2) is 9.84 Å². The van der Waals surface area contributed by atoms with Gasteiger partial charge in [0.25, 0.3) is 0 Å². The highest BCUT2D eigenvalue weighted by atomic mass is 32.2. The van der Waals surface area contributed by atoms with Gasteiger partial charge in [0.05, 0.1) is 28.9 Å². The molecule has 0 unspecified atom stereocenters. The van der Waals surface area contributed by atoms with Crippen LogP contribution in [0.15, 0.2) is 35.7 Å². The van der Waals surface area contributed by atoms with Gasteiger partial charge in [-0.1, -0.05) is 0 Å². The van der Waals surface area contributed by atoms with Gasteiger partial charge in [0.2, 0.25) is 0 Å². The Labute approximate surface area is 155 Å². The lowest BCUT2D eigenvalue weighted by Crippen LogP contribution is -2.07. The summed E-state index contributed by atoms with van der Waals surface area (Å²) in [5, 5.41) is 11.8. The van der Waals surface area contributed by atoms with Gasteiger partial charge in [0, 0.05) is 17.7 Å². The molecule has 1 aromatic carbocycles. The van der Waals surface area contributed by atoms with Crippen molar-refractivity contribution >= 4 is 43.3 Å². The Balaban J connectivity index is 1.83. The summed E-state index contributed by atoms with van der Waals surface area (Å²) in [6.07, 6.45) is 4.19. The van der Waals surface area contributed by atoms with E-state index in [1.165, 1.54) is 12.4 Å². The van der Waals surface area contributed by atoms with Gasteiger partial charge in [-0.3, -0.25) is 5.10 Å². The zero-order valence-electron chi connectivity index (χ0n) is 14.9. The molecule has 0 amide bonds. The molecule has 0 radical (unpaired) electrons. The SMILES string of the molecule is CC(C)Oc1cc2[nH]ncc2cc1Nc1ncnc2[nH]c(S(C)(=O)=O)cc12. The Hall–Kier alpha value is -3.14. The summed E-state index contributed by atoms with van der Waals surface area (Å²) in [6, 6.07) is 5.28. The number of fused-ring (bicyclic) bond motifs is 2. The highest BCUT2D eigenvalue weighted by Crippen LogP contribution is 2.34. The molecule has 0 aliphatic rings. The molecule has 0 bridgehead atoms. The van der Waals surface area contributed by atoms with Crippen LogP contribution in [-0.4, -0.2) is 45.9 Å². The van der Waals surface area contributed by atoms with Crippen molar-refractivity contribution in [1.29, 1.82) is 0 Å². The third kappa shape index (κ3) is 3.31. The first-order chi connectivity index (χ1) is 12.8. The molecule has 3 aromatic heterocycles. The van der Waals surface area contributed by atoms with Gasteiger partial charge in [-0.2, -0.15) is 5.10 Å². The molecular formula is C17H18N6O3S. The van der Waals surface area contributed by atoms with E-state index >= 15 is 0 Å². The first-order valence-electron chi connectivity index (χ1n) is 8.26. The molecular weight excluding hydrogens is 368 g/mol. The number of hydrogen-bond acceptors (Lipinski definition) is 7. The normalized spacial score (nSPS) is 12.1. The molecule has 0 aliphatic carbocycles. The van der Waals surface area contributed by atoms with Crippen LogP contribution in [0.25, 0.3) is 21.9 Å². The van der Waals surface area contributed by atoms with E-state index in [-0.39, 0.29) is 11.1 Å². The minimum Gasteiger partial charge on any atom is -0.489 e. The second-order valence-corrected chi connectivity index (χ2v) is 8.47. The first-order valence-corrected chi connectivity index (χ1v) is 10.1. The second-order valence-electron chi connectivity index (χ2n) is 6.49. The Kier molecular flexibility index (Phi) is 3.99. The number of anilines is 2. The molecule has 3 heterocycles. The molecule has 27 heavy (non-hydrogen) atoms. The van der Waals surface area contributed by atoms with Crippen LogP contribution < -0.4 is 10.1 Å². The Morgan fingerprint density at radius 3 is 2.74 bits per heavy atom. The lowest BCUT2D eigenvalue weighted by molar-refractivity contribution is 0.244. The smallest absolute Gasteiger partial charge is 0.190 e. The molecule has 0 fully saturated rings.